The summed E-state index contributed by atoms with van der Waals surface area (Å²) in [5.41, 5.74) is 1.84. The highest BCUT2D eigenvalue weighted by Crippen LogP contribution is 2.42. The molecule has 1 unspecified atom stereocenters. The lowest BCUT2D eigenvalue weighted by Gasteiger charge is -2.21. The van der Waals surface area contributed by atoms with Crippen molar-refractivity contribution in [1.29, 1.82) is 0 Å². The summed E-state index contributed by atoms with van der Waals surface area (Å²) in [6.45, 7) is 4.25. The number of ether oxygens (including phenoxy) is 1. The molecular formula is C29H30ClF3N4O4. The minimum absolute atomic E-state index is 0.00289. The van der Waals surface area contributed by atoms with Crippen molar-refractivity contribution >= 4 is 28.4 Å². The number of hydrogen-bond acceptors (Lipinski definition) is 6. The molecule has 4 aromatic rings. The van der Waals surface area contributed by atoms with E-state index in [0.29, 0.717) is 28.7 Å². The molecule has 0 aliphatic carbocycles. The zero-order valence-electron chi connectivity index (χ0n) is 22.6. The second-order valence-electron chi connectivity index (χ2n) is 10.0. The summed E-state index contributed by atoms with van der Waals surface area (Å²) in [6, 6.07) is 9.95. The van der Waals surface area contributed by atoms with Crippen LogP contribution in [-0.4, -0.2) is 50.8 Å². The lowest BCUT2D eigenvalue weighted by atomic mass is 9.97. The zero-order chi connectivity index (χ0) is 29.9. The van der Waals surface area contributed by atoms with E-state index in [1.54, 1.807) is 30.6 Å². The summed E-state index contributed by atoms with van der Waals surface area (Å²) in [5, 5.41) is 25.8. The van der Waals surface area contributed by atoms with Crippen LogP contribution in [0.25, 0.3) is 22.0 Å². The molecule has 8 nitrogen and oxygen atoms in total. The summed E-state index contributed by atoms with van der Waals surface area (Å²) in [5.74, 6) is 0.275. The van der Waals surface area contributed by atoms with Gasteiger partial charge in [-0.15, -0.1) is 0 Å². The Bertz CT molecular complexity index is 1520. The molecule has 0 fully saturated rings. The number of aliphatic hydroxyl groups is 2. The minimum atomic E-state index is -4.51. The van der Waals surface area contributed by atoms with E-state index in [4.69, 9.17) is 26.6 Å². The molecule has 1 amide bonds. The largest absolute Gasteiger partial charge is 0.495 e. The number of aromatic nitrogens is 3. The van der Waals surface area contributed by atoms with E-state index in [1.807, 2.05) is 10.7 Å². The van der Waals surface area contributed by atoms with E-state index in [-0.39, 0.29) is 35.6 Å². The fraction of sp³-hybridized carbons (Fsp3) is 0.345. The highest BCUT2D eigenvalue weighted by Gasteiger charge is 2.31. The number of carbonyl (C=O) groups is 1. The predicted octanol–water partition coefficient (Wildman–Crippen LogP) is 5.85. The number of amides is 1. The van der Waals surface area contributed by atoms with Gasteiger partial charge < -0.3 is 20.3 Å². The van der Waals surface area contributed by atoms with E-state index in [9.17, 15) is 18.0 Å². The van der Waals surface area contributed by atoms with Gasteiger partial charge in [0.1, 0.15) is 11.4 Å². The first-order chi connectivity index (χ1) is 19.4. The zero-order valence-corrected chi connectivity index (χ0v) is 23.4. The van der Waals surface area contributed by atoms with Gasteiger partial charge in [0.2, 0.25) is 0 Å². The number of halogens is 4. The number of pyridine rings is 1. The molecule has 3 N–H and O–H groups in total. The molecular weight excluding hydrogens is 561 g/mol. The van der Waals surface area contributed by atoms with E-state index >= 15 is 0 Å². The van der Waals surface area contributed by atoms with Crippen molar-refractivity contribution in [3.63, 3.8) is 0 Å². The van der Waals surface area contributed by atoms with Crippen LogP contribution in [0.3, 0.4) is 0 Å². The van der Waals surface area contributed by atoms with Gasteiger partial charge in [-0.05, 0) is 48.2 Å². The first-order valence-electron chi connectivity index (χ1n) is 12.9. The maximum atomic E-state index is 13.2. The molecule has 0 aliphatic rings. The average molecular weight is 591 g/mol. The second kappa shape index (κ2) is 12.5. The third-order valence-electron chi connectivity index (χ3n) is 6.60. The first kappa shape index (κ1) is 30.3. The highest BCUT2D eigenvalue weighted by molar-refractivity contribution is 6.33. The van der Waals surface area contributed by atoms with Gasteiger partial charge >= 0.3 is 6.18 Å². The Balaban J connectivity index is 1.70. The van der Waals surface area contributed by atoms with Gasteiger partial charge in [-0.1, -0.05) is 37.6 Å². The fourth-order valence-corrected chi connectivity index (χ4v) is 4.93. The van der Waals surface area contributed by atoms with Gasteiger partial charge in [0.05, 0.1) is 35.8 Å². The lowest BCUT2D eigenvalue weighted by Crippen LogP contribution is -2.27. The third-order valence-corrected chi connectivity index (χ3v) is 6.92. The normalized spacial score (nSPS) is 12.8. The standard InChI is InChI=1S/C29H30ClF3N4O4/c1-16(2)12-25(17-4-8-23(35-14-17)28(40)34-11-10-26(38)39)37-24-9-7-20(27(41-3)21(24)15-36-37)19-6-5-18(13-22(19)30)29(31,32)33/h4-9,13-16,25-26,38-39H,10-12H2,1-3H3,(H,34,40). The number of benzene rings is 2. The average Bonchev–Trinajstić information content (AvgIpc) is 3.34. The number of hydrogen-bond donors (Lipinski definition) is 3. The monoisotopic (exact) mass is 590 g/mol. The van der Waals surface area contributed by atoms with Crippen LogP contribution >= 0.6 is 11.6 Å². The van der Waals surface area contributed by atoms with E-state index in [0.717, 1.165) is 23.2 Å². The Hall–Kier alpha value is -3.67. The van der Waals surface area contributed by atoms with Crippen LogP contribution in [0.5, 0.6) is 5.75 Å². The molecule has 12 heteroatoms. The SMILES string of the molecule is COc1c(-c2ccc(C(F)(F)F)cc2Cl)ccc2c1cnn2C(CC(C)C)c1ccc(C(=O)NCCC(O)O)nc1. The molecule has 2 aromatic heterocycles. The molecule has 0 radical (unpaired) electrons. The number of carbonyl (C=O) groups excluding carboxylic acids is 1. The van der Waals surface area contributed by atoms with Crippen molar-refractivity contribution in [2.75, 3.05) is 13.7 Å². The van der Waals surface area contributed by atoms with Crippen LogP contribution in [0.2, 0.25) is 5.02 Å². The van der Waals surface area contributed by atoms with E-state index < -0.39 is 23.9 Å². The maximum Gasteiger partial charge on any atom is 0.416 e. The topological polar surface area (TPSA) is 110 Å². The van der Waals surface area contributed by atoms with Gasteiger partial charge in [0.25, 0.3) is 5.91 Å². The van der Waals surface area contributed by atoms with Crippen molar-refractivity contribution in [1.82, 2.24) is 20.1 Å². The number of nitrogens with one attached hydrogen (secondary N) is 1. The van der Waals surface area contributed by atoms with Crippen molar-refractivity contribution in [3.8, 4) is 16.9 Å². The smallest absolute Gasteiger partial charge is 0.416 e. The molecule has 0 saturated carbocycles. The van der Waals surface area contributed by atoms with Gasteiger partial charge in [0, 0.05) is 35.3 Å². The molecule has 2 aromatic carbocycles. The predicted molar refractivity (Wildman–Crippen MR) is 149 cm³/mol. The number of methoxy groups -OCH3 is 1. The van der Waals surface area contributed by atoms with Gasteiger partial charge in [-0.2, -0.15) is 18.3 Å². The van der Waals surface area contributed by atoms with Gasteiger partial charge in [0.15, 0.2) is 6.29 Å². The van der Waals surface area contributed by atoms with Crippen LogP contribution in [0.15, 0.2) is 54.9 Å². The van der Waals surface area contributed by atoms with Crippen molar-refractivity contribution in [3.05, 3.63) is 76.7 Å². The molecule has 2 heterocycles. The fourth-order valence-electron chi connectivity index (χ4n) is 4.65. The molecule has 0 aliphatic heterocycles. The number of nitrogens with zero attached hydrogens (tertiary/aromatic N) is 3. The van der Waals surface area contributed by atoms with Crippen LogP contribution in [0.1, 0.15) is 54.3 Å². The highest BCUT2D eigenvalue weighted by atomic mass is 35.5. The van der Waals surface area contributed by atoms with Gasteiger partial charge in [-0.25, -0.2) is 0 Å². The Morgan fingerprint density at radius 1 is 1.10 bits per heavy atom. The first-order valence-corrected chi connectivity index (χ1v) is 13.3. The van der Waals surface area contributed by atoms with Crippen LogP contribution < -0.4 is 10.1 Å². The van der Waals surface area contributed by atoms with E-state index in [1.165, 1.54) is 13.2 Å². The quantitative estimate of drug-likeness (QED) is 0.200. The summed E-state index contributed by atoms with van der Waals surface area (Å²) in [4.78, 5) is 16.7. The van der Waals surface area contributed by atoms with Crippen molar-refractivity contribution < 1.29 is 32.9 Å². The number of alkyl halides is 3. The third kappa shape index (κ3) is 6.80. The minimum Gasteiger partial charge on any atom is -0.495 e. The van der Waals surface area contributed by atoms with E-state index in [2.05, 4.69) is 29.2 Å². The summed E-state index contributed by atoms with van der Waals surface area (Å²) >= 11 is 6.29. The molecule has 4 rings (SSSR count). The van der Waals surface area contributed by atoms with Crippen molar-refractivity contribution in [2.24, 2.45) is 5.92 Å². The second-order valence-corrected chi connectivity index (χ2v) is 10.4. The Morgan fingerprint density at radius 3 is 2.41 bits per heavy atom. The molecule has 41 heavy (non-hydrogen) atoms. The van der Waals surface area contributed by atoms with Gasteiger partial charge in [-0.3, -0.25) is 14.5 Å². The molecule has 1 atom stereocenters. The summed E-state index contributed by atoms with van der Waals surface area (Å²) in [6.07, 6.45) is -2.05. The van der Waals surface area contributed by atoms with Crippen LogP contribution in [0.4, 0.5) is 13.2 Å². The molecule has 0 spiro atoms. The van der Waals surface area contributed by atoms with Crippen molar-refractivity contribution in [2.45, 2.75) is 45.2 Å². The van der Waals surface area contributed by atoms with Crippen LogP contribution in [0, 0.1) is 5.92 Å². The molecule has 0 bridgehead atoms. The lowest BCUT2D eigenvalue weighted by molar-refractivity contribution is -0.137. The number of rotatable bonds is 10. The number of aliphatic hydroxyl groups excluding tert-OH is 1. The number of fused-ring (bicyclic) bond motifs is 1. The summed E-state index contributed by atoms with van der Waals surface area (Å²) < 4.78 is 47.1. The Morgan fingerprint density at radius 2 is 1.83 bits per heavy atom. The van der Waals surface area contributed by atoms with Crippen LogP contribution in [-0.2, 0) is 6.18 Å². The summed E-state index contributed by atoms with van der Waals surface area (Å²) in [7, 11) is 1.48. The maximum absolute atomic E-state index is 13.2. The molecule has 218 valence electrons. The Kier molecular flexibility index (Phi) is 9.21. The molecule has 0 saturated heterocycles. The Labute approximate surface area is 239 Å².